The average molecular weight is 408 g/mol. The summed E-state index contributed by atoms with van der Waals surface area (Å²) in [5.74, 6) is -0.310. The molecule has 158 valence electrons. The van der Waals surface area contributed by atoms with E-state index in [0.29, 0.717) is 11.4 Å². The molecule has 3 rings (SSSR count). The molecule has 2 aromatic rings. The van der Waals surface area contributed by atoms with Crippen LogP contribution >= 0.6 is 0 Å². The van der Waals surface area contributed by atoms with Crippen molar-refractivity contribution in [2.45, 2.75) is 32.2 Å². The van der Waals surface area contributed by atoms with Gasteiger partial charge in [-0.2, -0.15) is 0 Å². The first-order chi connectivity index (χ1) is 14.1. The van der Waals surface area contributed by atoms with Gasteiger partial charge in [0.2, 0.25) is 0 Å². The zero-order valence-corrected chi connectivity index (χ0v) is 17.4. The van der Waals surface area contributed by atoms with Gasteiger partial charge < -0.3 is 21.5 Å². The molecule has 0 amide bonds. The predicted molar refractivity (Wildman–Crippen MR) is 119 cm³/mol. The highest BCUT2D eigenvalue weighted by molar-refractivity contribution is 5.96. The molecule has 1 heterocycles. The maximum atomic E-state index is 11.8. The van der Waals surface area contributed by atoms with Crippen molar-refractivity contribution in [2.24, 2.45) is 17.4 Å². The normalized spacial score (nSPS) is 16.7. The Labute approximate surface area is 176 Å². The topological polar surface area (TPSA) is 140 Å². The van der Waals surface area contributed by atoms with Crippen molar-refractivity contribution < 1.29 is 9.90 Å². The molecule has 7 nitrogen and oxygen atoms in total. The highest BCUT2D eigenvalue weighted by Gasteiger charge is 2.35. The fraction of sp³-hybridized carbons (Fsp3) is 0.348. The van der Waals surface area contributed by atoms with Crippen molar-refractivity contribution in [3.05, 3.63) is 59.2 Å². The standard InChI is InChI=1S/C23H29N5O2/c1-14(24)28-8-6-19(7-9-28)23(2,27)20-12-17(11-18(13-20)22(29)30)15-4-3-5-16(10-15)21(25)26/h3-5,10-13,19,24H,6-9,27H2,1-2H3,(H3,25,26)(H,29,30). The van der Waals surface area contributed by atoms with Crippen LogP contribution in [0.25, 0.3) is 11.1 Å². The molecule has 7 heteroatoms. The Balaban J connectivity index is 2.00. The number of nitrogen functional groups attached to an aromatic ring is 1. The van der Waals surface area contributed by atoms with E-state index in [1.54, 1.807) is 37.3 Å². The molecule has 2 aromatic carbocycles. The van der Waals surface area contributed by atoms with E-state index in [9.17, 15) is 9.90 Å². The lowest BCUT2D eigenvalue weighted by molar-refractivity contribution is 0.0696. The first-order valence-electron chi connectivity index (χ1n) is 10.0. The fourth-order valence-electron chi connectivity index (χ4n) is 4.15. The van der Waals surface area contributed by atoms with E-state index in [-0.39, 0.29) is 17.3 Å². The maximum Gasteiger partial charge on any atom is 0.335 e. The van der Waals surface area contributed by atoms with Crippen LogP contribution in [0, 0.1) is 16.7 Å². The largest absolute Gasteiger partial charge is 0.478 e. The molecular weight excluding hydrogens is 378 g/mol. The van der Waals surface area contributed by atoms with Crippen LogP contribution in [0.15, 0.2) is 42.5 Å². The number of benzene rings is 2. The van der Waals surface area contributed by atoms with Crippen LogP contribution in [0.2, 0.25) is 0 Å². The van der Waals surface area contributed by atoms with Crippen molar-refractivity contribution in [1.82, 2.24) is 4.90 Å². The molecule has 0 bridgehead atoms. The molecule has 1 fully saturated rings. The lowest BCUT2D eigenvalue weighted by Crippen LogP contribution is -2.48. The summed E-state index contributed by atoms with van der Waals surface area (Å²) < 4.78 is 0. The summed E-state index contributed by atoms with van der Waals surface area (Å²) in [6.45, 7) is 5.30. The van der Waals surface area contributed by atoms with Crippen LogP contribution in [-0.2, 0) is 5.54 Å². The quantitative estimate of drug-likeness (QED) is 0.382. The molecular formula is C23H29N5O2. The number of likely N-dealkylation sites (tertiary alicyclic amines) is 1. The molecule has 30 heavy (non-hydrogen) atoms. The summed E-state index contributed by atoms with van der Waals surface area (Å²) in [6.07, 6.45) is 1.69. The van der Waals surface area contributed by atoms with E-state index >= 15 is 0 Å². The maximum absolute atomic E-state index is 11.8. The number of aromatic carboxylic acids is 1. The number of nitrogens with one attached hydrogen (secondary N) is 2. The second-order valence-corrected chi connectivity index (χ2v) is 8.23. The first kappa shape index (κ1) is 21.5. The van der Waals surface area contributed by atoms with Gasteiger partial charge in [-0.15, -0.1) is 0 Å². The molecule has 1 saturated heterocycles. The van der Waals surface area contributed by atoms with Crippen molar-refractivity contribution >= 4 is 17.6 Å². The number of hydrogen-bond donors (Lipinski definition) is 5. The minimum Gasteiger partial charge on any atom is -0.478 e. The van der Waals surface area contributed by atoms with Gasteiger partial charge in [0.1, 0.15) is 5.84 Å². The van der Waals surface area contributed by atoms with Crippen LogP contribution in [0.5, 0.6) is 0 Å². The average Bonchev–Trinajstić information content (AvgIpc) is 2.73. The van der Waals surface area contributed by atoms with Crippen molar-refractivity contribution in [2.75, 3.05) is 13.1 Å². The van der Waals surface area contributed by atoms with Gasteiger partial charge in [0.05, 0.1) is 11.4 Å². The molecule has 1 atom stereocenters. The van der Waals surface area contributed by atoms with Crippen LogP contribution < -0.4 is 11.5 Å². The van der Waals surface area contributed by atoms with E-state index < -0.39 is 11.5 Å². The summed E-state index contributed by atoms with van der Waals surface area (Å²) in [5.41, 5.74) is 14.8. The molecule has 0 saturated carbocycles. The molecule has 1 aliphatic heterocycles. The predicted octanol–water partition coefficient (Wildman–Crippen LogP) is 3.22. The number of amidine groups is 2. The fourth-order valence-corrected chi connectivity index (χ4v) is 4.15. The summed E-state index contributed by atoms with van der Waals surface area (Å²) in [5, 5.41) is 25.2. The van der Waals surface area contributed by atoms with Crippen molar-refractivity contribution in [3.63, 3.8) is 0 Å². The number of nitrogens with zero attached hydrogens (tertiary/aromatic N) is 1. The third-order valence-electron chi connectivity index (χ3n) is 6.13. The van der Waals surface area contributed by atoms with E-state index in [4.69, 9.17) is 22.3 Å². The molecule has 0 spiro atoms. The van der Waals surface area contributed by atoms with Crippen LogP contribution in [0.1, 0.15) is 48.2 Å². The van der Waals surface area contributed by atoms with Gasteiger partial charge in [0.15, 0.2) is 0 Å². The first-order valence-corrected chi connectivity index (χ1v) is 10.0. The van der Waals surface area contributed by atoms with E-state index in [2.05, 4.69) is 0 Å². The third kappa shape index (κ3) is 4.36. The number of hydrogen-bond acceptors (Lipinski definition) is 4. The van der Waals surface area contributed by atoms with Crippen molar-refractivity contribution in [3.8, 4) is 11.1 Å². The zero-order chi connectivity index (χ0) is 22.1. The molecule has 0 aromatic heterocycles. The Morgan fingerprint density at radius 3 is 2.30 bits per heavy atom. The van der Waals surface area contributed by atoms with Gasteiger partial charge in [-0.1, -0.05) is 18.2 Å². The Bertz CT molecular complexity index is 991. The SMILES string of the molecule is CC(=N)N1CCC(C(C)(N)c2cc(C(=O)O)cc(-c3cccc(C(=N)N)c3)c2)CC1. The minimum atomic E-state index is -1.01. The Kier molecular flexibility index (Phi) is 5.94. The second-order valence-electron chi connectivity index (χ2n) is 8.23. The van der Waals surface area contributed by atoms with Gasteiger partial charge in [-0.05, 0) is 73.6 Å². The number of nitrogens with two attached hydrogens (primary N) is 2. The van der Waals surface area contributed by atoms with Gasteiger partial charge >= 0.3 is 5.97 Å². The van der Waals surface area contributed by atoms with Crippen LogP contribution in [0.3, 0.4) is 0 Å². The second kappa shape index (κ2) is 8.28. The van der Waals surface area contributed by atoms with Crippen LogP contribution in [0.4, 0.5) is 0 Å². The van der Waals surface area contributed by atoms with E-state index in [0.717, 1.165) is 42.6 Å². The Hall–Kier alpha value is -3.19. The molecule has 0 aliphatic carbocycles. The number of rotatable bonds is 5. The van der Waals surface area contributed by atoms with E-state index in [1.807, 2.05) is 24.0 Å². The Morgan fingerprint density at radius 2 is 1.73 bits per heavy atom. The number of carbonyl (C=O) groups is 1. The Morgan fingerprint density at radius 1 is 1.10 bits per heavy atom. The smallest absolute Gasteiger partial charge is 0.335 e. The minimum absolute atomic E-state index is 0.0385. The number of piperidine rings is 1. The zero-order valence-electron chi connectivity index (χ0n) is 17.4. The third-order valence-corrected chi connectivity index (χ3v) is 6.13. The number of carboxylic acid groups (broad SMARTS) is 1. The highest BCUT2D eigenvalue weighted by Crippen LogP contribution is 2.37. The van der Waals surface area contributed by atoms with Gasteiger partial charge in [-0.25, -0.2) is 4.79 Å². The number of carboxylic acids is 1. The lowest BCUT2D eigenvalue weighted by atomic mass is 9.74. The van der Waals surface area contributed by atoms with Gasteiger partial charge in [0.25, 0.3) is 0 Å². The highest BCUT2D eigenvalue weighted by atomic mass is 16.4. The summed E-state index contributed by atoms with van der Waals surface area (Å²) in [6, 6.07) is 12.4. The molecule has 1 aliphatic rings. The summed E-state index contributed by atoms with van der Waals surface area (Å²) in [7, 11) is 0. The molecule has 1 unspecified atom stereocenters. The van der Waals surface area contributed by atoms with Gasteiger partial charge in [0, 0.05) is 24.2 Å². The lowest BCUT2D eigenvalue weighted by Gasteiger charge is -2.41. The molecule has 7 N–H and O–H groups in total. The van der Waals surface area contributed by atoms with Gasteiger partial charge in [-0.3, -0.25) is 10.8 Å². The van der Waals surface area contributed by atoms with Crippen molar-refractivity contribution in [1.29, 1.82) is 10.8 Å². The van der Waals surface area contributed by atoms with Crippen LogP contribution in [-0.4, -0.2) is 40.7 Å². The summed E-state index contributed by atoms with van der Waals surface area (Å²) >= 11 is 0. The summed E-state index contributed by atoms with van der Waals surface area (Å²) in [4.78, 5) is 13.8. The monoisotopic (exact) mass is 407 g/mol. The van der Waals surface area contributed by atoms with E-state index in [1.165, 1.54) is 0 Å². The molecule has 0 radical (unpaired) electrons.